The van der Waals surface area contributed by atoms with Crippen LogP contribution in [-0.2, 0) is 24.2 Å². The van der Waals surface area contributed by atoms with Crippen molar-refractivity contribution in [1.82, 2.24) is 20.2 Å². The van der Waals surface area contributed by atoms with Gasteiger partial charge >= 0.3 is 0 Å². The van der Waals surface area contributed by atoms with Gasteiger partial charge in [-0.25, -0.2) is 9.97 Å². The van der Waals surface area contributed by atoms with Gasteiger partial charge in [-0.1, -0.05) is 24.3 Å². The summed E-state index contributed by atoms with van der Waals surface area (Å²) < 4.78 is 0. The molecule has 0 spiro atoms. The molecule has 0 radical (unpaired) electrons. The summed E-state index contributed by atoms with van der Waals surface area (Å²) in [5, 5.41) is 7.11. The summed E-state index contributed by atoms with van der Waals surface area (Å²) >= 11 is 0. The van der Waals surface area contributed by atoms with E-state index in [2.05, 4.69) is 44.9 Å². The fourth-order valence-corrected chi connectivity index (χ4v) is 4.92. The van der Waals surface area contributed by atoms with Crippen molar-refractivity contribution >= 4 is 17.5 Å². The van der Waals surface area contributed by atoms with Gasteiger partial charge < -0.3 is 20.4 Å². The van der Waals surface area contributed by atoms with Gasteiger partial charge in [-0.05, 0) is 43.4 Å². The Morgan fingerprint density at radius 2 is 1.93 bits per heavy atom. The molecule has 1 amide bonds. The standard InChI is InChI=1S/C22H28N6O/c1-27-13-20(29)28(18-7-4-8-23-11-18)12-19-21(24-14-25-22(19)27)26-17-9-15-5-2-3-6-16(15)10-17/h2-3,5-6,14,17-18,23H,4,7-13H2,1H3,(H,24,25,26). The quantitative estimate of drug-likeness (QED) is 0.826. The third-order valence-corrected chi connectivity index (χ3v) is 6.41. The molecular weight excluding hydrogens is 364 g/mol. The van der Waals surface area contributed by atoms with Crippen LogP contribution in [0.15, 0.2) is 30.6 Å². The van der Waals surface area contributed by atoms with Gasteiger partial charge in [0.1, 0.15) is 18.0 Å². The molecule has 7 heteroatoms. The zero-order valence-corrected chi connectivity index (χ0v) is 16.9. The van der Waals surface area contributed by atoms with Gasteiger partial charge in [-0.3, -0.25) is 4.79 Å². The number of rotatable bonds is 3. The number of benzene rings is 1. The van der Waals surface area contributed by atoms with Gasteiger partial charge in [0.05, 0.1) is 18.7 Å². The molecule has 3 heterocycles. The Hall–Kier alpha value is -2.67. The monoisotopic (exact) mass is 392 g/mol. The summed E-state index contributed by atoms with van der Waals surface area (Å²) in [5.41, 5.74) is 3.85. The van der Waals surface area contributed by atoms with Crippen LogP contribution in [0.2, 0.25) is 0 Å². The molecule has 7 nitrogen and oxygen atoms in total. The number of aromatic nitrogens is 2. The average molecular weight is 393 g/mol. The first-order valence-electron chi connectivity index (χ1n) is 10.6. The normalized spacial score (nSPS) is 22.2. The molecule has 3 aliphatic rings. The number of nitrogens with zero attached hydrogens (tertiary/aromatic N) is 4. The van der Waals surface area contributed by atoms with Crippen LogP contribution in [0.25, 0.3) is 0 Å². The van der Waals surface area contributed by atoms with E-state index in [-0.39, 0.29) is 11.9 Å². The minimum atomic E-state index is 0.165. The molecule has 152 valence electrons. The smallest absolute Gasteiger partial charge is 0.242 e. The van der Waals surface area contributed by atoms with Gasteiger partial charge in [-0.2, -0.15) is 0 Å². The van der Waals surface area contributed by atoms with Gasteiger partial charge in [0.2, 0.25) is 5.91 Å². The number of carbonyl (C=O) groups is 1. The molecule has 1 aromatic carbocycles. The van der Waals surface area contributed by atoms with Crippen LogP contribution < -0.4 is 15.5 Å². The Morgan fingerprint density at radius 3 is 2.66 bits per heavy atom. The van der Waals surface area contributed by atoms with E-state index in [1.165, 1.54) is 11.1 Å². The number of nitrogens with one attached hydrogen (secondary N) is 2. The average Bonchev–Trinajstić information content (AvgIpc) is 3.09. The van der Waals surface area contributed by atoms with Crippen LogP contribution in [-0.4, -0.2) is 59.5 Å². The van der Waals surface area contributed by atoms with E-state index in [1.54, 1.807) is 6.33 Å². The van der Waals surface area contributed by atoms with Crippen molar-refractivity contribution in [3.63, 3.8) is 0 Å². The molecule has 1 fully saturated rings. The fourth-order valence-electron chi connectivity index (χ4n) is 4.92. The molecule has 1 aliphatic carbocycles. The third kappa shape index (κ3) is 3.55. The molecule has 29 heavy (non-hydrogen) atoms. The second kappa shape index (κ2) is 7.63. The predicted molar refractivity (Wildman–Crippen MR) is 113 cm³/mol. The molecule has 2 aliphatic heterocycles. The van der Waals surface area contributed by atoms with Crippen molar-refractivity contribution in [1.29, 1.82) is 0 Å². The molecule has 1 saturated heterocycles. The maximum Gasteiger partial charge on any atom is 0.242 e. The Kier molecular flexibility index (Phi) is 4.83. The lowest BCUT2D eigenvalue weighted by atomic mass is 10.0. The van der Waals surface area contributed by atoms with Gasteiger partial charge in [0.15, 0.2) is 0 Å². The molecule has 0 bridgehead atoms. The number of anilines is 2. The van der Waals surface area contributed by atoms with Crippen molar-refractivity contribution < 1.29 is 4.79 Å². The largest absolute Gasteiger partial charge is 0.366 e. The molecule has 0 saturated carbocycles. The van der Waals surface area contributed by atoms with Gasteiger partial charge in [0, 0.05) is 25.7 Å². The number of hydrogen-bond acceptors (Lipinski definition) is 6. The number of amides is 1. The molecule has 2 N–H and O–H groups in total. The van der Waals surface area contributed by atoms with Crippen molar-refractivity contribution in [2.75, 3.05) is 36.9 Å². The van der Waals surface area contributed by atoms with Crippen molar-refractivity contribution in [2.24, 2.45) is 0 Å². The Balaban J connectivity index is 1.42. The lowest BCUT2D eigenvalue weighted by molar-refractivity contribution is -0.132. The summed E-state index contributed by atoms with van der Waals surface area (Å²) in [5.74, 6) is 1.89. The summed E-state index contributed by atoms with van der Waals surface area (Å²) in [6, 6.07) is 9.19. The number of hydrogen-bond donors (Lipinski definition) is 2. The Labute approximate surface area is 171 Å². The van der Waals surface area contributed by atoms with Crippen LogP contribution in [0.1, 0.15) is 29.5 Å². The van der Waals surface area contributed by atoms with Gasteiger partial charge in [-0.15, -0.1) is 0 Å². The number of likely N-dealkylation sites (N-methyl/N-ethyl adjacent to an activating group) is 1. The van der Waals surface area contributed by atoms with E-state index >= 15 is 0 Å². The molecular formula is C22H28N6O. The second-order valence-corrected chi connectivity index (χ2v) is 8.42. The first kappa shape index (κ1) is 18.4. The number of fused-ring (bicyclic) bond motifs is 2. The summed E-state index contributed by atoms with van der Waals surface area (Å²) in [4.78, 5) is 26.1. The highest BCUT2D eigenvalue weighted by Crippen LogP contribution is 2.31. The van der Waals surface area contributed by atoms with E-state index in [9.17, 15) is 4.79 Å². The molecule has 5 rings (SSSR count). The second-order valence-electron chi connectivity index (χ2n) is 8.42. The summed E-state index contributed by atoms with van der Waals surface area (Å²) in [7, 11) is 1.95. The first-order valence-corrected chi connectivity index (χ1v) is 10.6. The zero-order chi connectivity index (χ0) is 19.8. The van der Waals surface area contributed by atoms with Crippen LogP contribution in [0.3, 0.4) is 0 Å². The highest BCUT2D eigenvalue weighted by atomic mass is 16.2. The van der Waals surface area contributed by atoms with Crippen LogP contribution in [0, 0.1) is 0 Å². The SMILES string of the molecule is CN1CC(=O)N(C2CCCNC2)Cc2c(NC3Cc4ccccc4C3)ncnc21. The van der Waals surface area contributed by atoms with Crippen LogP contribution in [0.4, 0.5) is 11.6 Å². The summed E-state index contributed by atoms with van der Waals surface area (Å²) in [6.45, 7) is 2.81. The Bertz CT molecular complexity index is 885. The van der Waals surface area contributed by atoms with E-state index in [0.29, 0.717) is 19.1 Å². The maximum atomic E-state index is 13.0. The Morgan fingerprint density at radius 1 is 1.14 bits per heavy atom. The van der Waals surface area contributed by atoms with E-state index < -0.39 is 0 Å². The van der Waals surface area contributed by atoms with Crippen molar-refractivity contribution in [2.45, 2.75) is 44.3 Å². The minimum absolute atomic E-state index is 0.165. The lowest BCUT2D eigenvalue weighted by Gasteiger charge is -2.34. The maximum absolute atomic E-state index is 13.0. The highest BCUT2D eigenvalue weighted by Gasteiger charge is 2.33. The first-order chi connectivity index (χ1) is 14.2. The fraction of sp³-hybridized carbons (Fsp3) is 0.500. The predicted octanol–water partition coefficient (Wildman–Crippen LogP) is 1.59. The minimum Gasteiger partial charge on any atom is -0.366 e. The number of piperidine rings is 1. The van der Waals surface area contributed by atoms with E-state index in [1.807, 2.05) is 16.8 Å². The van der Waals surface area contributed by atoms with Gasteiger partial charge in [0.25, 0.3) is 0 Å². The zero-order valence-electron chi connectivity index (χ0n) is 16.9. The number of carbonyl (C=O) groups excluding carboxylic acids is 1. The lowest BCUT2D eigenvalue weighted by Crippen LogP contribution is -2.49. The molecule has 1 aromatic heterocycles. The third-order valence-electron chi connectivity index (χ3n) is 6.41. The van der Waals surface area contributed by atoms with E-state index in [4.69, 9.17) is 0 Å². The molecule has 1 atom stereocenters. The van der Waals surface area contributed by atoms with Crippen LogP contribution >= 0.6 is 0 Å². The van der Waals surface area contributed by atoms with Crippen molar-refractivity contribution in [3.05, 3.63) is 47.3 Å². The van der Waals surface area contributed by atoms with E-state index in [0.717, 1.165) is 56.0 Å². The van der Waals surface area contributed by atoms with Crippen LogP contribution in [0.5, 0.6) is 0 Å². The molecule has 2 aromatic rings. The highest BCUT2D eigenvalue weighted by molar-refractivity contribution is 5.84. The topological polar surface area (TPSA) is 73.4 Å². The summed E-state index contributed by atoms with van der Waals surface area (Å²) in [6.07, 6.45) is 5.77. The van der Waals surface area contributed by atoms with Crippen molar-refractivity contribution in [3.8, 4) is 0 Å². The molecule has 1 unspecified atom stereocenters.